The second kappa shape index (κ2) is 6.68. The molecule has 112 valence electrons. The summed E-state index contributed by atoms with van der Waals surface area (Å²) in [6.07, 6.45) is 0. The van der Waals surface area contributed by atoms with Crippen LogP contribution in [-0.4, -0.2) is 42.5 Å². The number of nitrogen functional groups attached to an aromatic ring is 1. The normalized spacial score (nSPS) is 21.0. The molecule has 1 aliphatic rings. The average molecular weight is 379 g/mol. The van der Waals surface area contributed by atoms with E-state index in [1.807, 2.05) is 18.2 Å². The lowest BCUT2D eigenvalue weighted by molar-refractivity contribution is 0.261. The molecule has 1 saturated heterocycles. The zero-order chi connectivity index (χ0) is 14.8. The number of hydrogen-bond donors (Lipinski definition) is 1. The van der Waals surface area contributed by atoms with E-state index in [1.165, 1.54) is 0 Å². The van der Waals surface area contributed by atoms with E-state index in [0.717, 1.165) is 22.3 Å². The zero-order valence-corrected chi connectivity index (χ0v) is 14.6. The fraction of sp³-hybridized carbons (Fsp3) is 0.538. The molecule has 0 spiro atoms. The summed E-state index contributed by atoms with van der Waals surface area (Å²) in [5, 5.41) is -0.383. The van der Waals surface area contributed by atoms with Crippen molar-refractivity contribution in [2.75, 3.05) is 29.5 Å². The lowest BCUT2D eigenvalue weighted by Crippen LogP contribution is -2.47. The number of nitrogens with zero attached hydrogens (tertiary/aromatic N) is 1. The van der Waals surface area contributed by atoms with Crippen molar-refractivity contribution >= 4 is 43.2 Å². The summed E-state index contributed by atoms with van der Waals surface area (Å²) in [5.41, 5.74) is 7.57. The number of nitrogens with two attached hydrogens (primary N) is 1. The molecule has 0 amide bonds. The molecule has 1 unspecified atom stereocenters. The smallest absolute Gasteiger partial charge is 0.166 e. The molecular formula is C13H19BrN2O2S2. The van der Waals surface area contributed by atoms with Crippen molar-refractivity contribution in [1.29, 1.82) is 0 Å². The molecule has 1 aromatic rings. The van der Waals surface area contributed by atoms with Crippen molar-refractivity contribution in [3.05, 3.63) is 28.2 Å². The van der Waals surface area contributed by atoms with Gasteiger partial charge >= 0.3 is 0 Å². The van der Waals surface area contributed by atoms with E-state index in [1.54, 1.807) is 18.7 Å². The highest BCUT2D eigenvalue weighted by Gasteiger charge is 2.32. The quantitative estimate of drug-likeness (QED) is 0.814. The van der Waals surface area contributed by atoms with Gasteiger partial charge in [0.15, 0.2) is 9.84 Å². The van der Waals surface area contributed by atoms with E-state index in [9.17, 15) is 8.42 Å². The van der Waals surface area contributed by atoms with Crippen LogP contribution in [0.15, 0.2) is 22.7 Å². The molecule has 1 heterocycles. The van der Waals surface area contributed by atoms with Gasteiger partial charge in [0.05, 0.1) is 0 Å². The third-order valence-electron chi connectivity index (χ3n) is 3.37. The number of sulfone groups is 1. The summed E-state index contributed by atoms with van der Waals surface area (Å²) in [5.74, 6) is 1.81. The first-order valence-electron chi connectivity index (χ1n) is 6.50. The molecule has 1 atom stereocenters. The minimum absolute atomic E-state index is 0.190. The monoisotopic (exact) mass is 378 g/mol. The van der Waals surface area contributed by atoms with Crippen LogP contribution in [-0.2, 0) is 16.4 Å². The van der Waals surface area contributed by atoms with E-state index in [0.29, 0.717) is 18.0 Å². The van der Waals surface area contributed by atoms with Gasteiger partial charge in [-0.3, -0.25) is 4.90 Å². The average Bonchev–Trinajstić information content (AvgIpc) is 2.38. The molecule has 0 saturated carbocycles. The maximum absolute atomic E-state index is 12.2. The first kappa shape index (κ1) is 16.1. The SMILES string of the molecule is CCS(=O)(=O)C1CSCCN1Cc1cc(N)cc(Br)c1. The van der Waals surface area contributed by atoms with E-state index in [2.05, 4.69) is 20.8 Å². The maximum Gasteiger partial charge on any atom is 0.166 e. The first-order valence-corrected chi connectivity index (χ1v) is 10.2. The fourth-order valence-electron chi connectivity index (χ4n) is 2.32. The van der Waals surface area contributed by atoms with Gasteiger partial charge in [0.1, 0.15) is 5.37 Å². The Morgan fingerprint density at radius 3 is 2.85 bits per heavy atom. The summed E-state index contributed by atoms with van der Waals surface area (Å²) in [4.78, 5) is 2.05. The van der Waals surface area contributed by atoms with Gasteiger partial charge in [-0.05, 0) is 23.8 Å². The van der Waals surface area contributed by atoms with Crippen molar-refractivity contribution in [1.82, 2.24) is 4.90 Å². The summed E-state index contributed by atoms with van der Waals surface area (Å²) in [6.45, 7) is 3.12. The highest BCUT2D eigenvalue weighted by molar-refractivity contribution is 9.10. The van der Waals surface area contributed by atoms with E-state index in [-0.39, 0.29) is 11.1 Å². The topological polar surface area (TPSA) is 63.4 Å². The van der Waals surface area contributed by atoms with Gasteiger partial charge in [0, 0.05) is 40.5 Å². The molecule has 0 radical (unpaired) electrons. The van der Waals surface area contributed by atoms with Gasteiger partial charge in [-0.15, -0.1) is 0 Å². The summed E-state index contributed by atoms with van der Waals surface area (Å²) in [7, 11) is -3.05. The maximum atomic E-state index is 12.2. The molecule has 0 aliphatic carbocycles. The number of hydrogen-bond acceptors (Lipinski definition) is 5. The Bertz CT molecular complexity index is 557. The van der Waals surface area contributed by atoms with Gasteiger partial charge in [0.25, 0.3) is 0 Å². The van der Waals surface area contributed by atoms with Crippen LogP contribution >= 0.6 is 27.7 Å². The second-order valence-electron chi connectivity index (χ2n) is 4.84. The third kappa shape index (κ3) is 3.90. The van der Waals surface area contributed by atoms with Crippen molar-refractivity contribution in [2.45, 2.75) is 18.8 Å². The molecule has 2 rings (SSSR count). The molecular weight excluding hydrogens is 360 g/mol. The number of benzene rings is 1. The van der Waals surface area contributed by atoms with Crippen LogP contribution in [0.25, 0.3) is 0 Å². The number of rotatable bonds is 4. The standard InChI is InChI=1S/C13H19BrN2O2S2/c1-2-20(17,18)13-9-19-4-3-16(13)8-10-5-11(14)7-12(15)6-10/h5-7,13H,2-4,8-9,15H2,1H3. The Morgan fingerprint density at radius 1 is 1.45 bits per heavy atom. The number of anilines is 1. The number of thioether (sulfide) groups is 1. The Morgan fingerprint density at radius 2 is 2.20 bits per heavy atom. The molecule has 4 nitrogen and oxygen atoms in total. The van der Waals surface area contributed by atoms with Crippen molar-refractivity contribution < 1.29 is 8.42 Å². The van der Waals surface area contributed by atoms with E-state index in [4.69, 9.17) is 5.73 Å². The van der Waals surface area contributed by atoms with Crippen LogP contribution in [0.2, 0.25) is 0 Å². The molecule has 7 heteroatoms. The van der Waals surface area contributed by atoms with Gasteiger partial charge in [-0.1, -0.05) is 22.9 Å². The lowest BCUT2D eigenvalue weighted by atomic mass is 10.2. The molecule has 20 heavy (non-hydrogen) atoms. The van der Waals surface area contributed by atoms with Crippen LogP contribution in [0, 0.1) is 0 Å². The largest absolute Gasteiger partial charge is 0.399 e. The molecule has 1 aliphatic heterocycles. The zero-order valence-electron chi connectivity index (χ0n) is 11.4. The highest BCUT2D eigenvalue weighted by atomic mass is 79.9. The Hall–Kier alpha value is -0.240. The second-order valence-corrected chi connectivity index (χ2v) is 9.36. The minimum Gasteiger partial charge on any atom is -0.399 e. The van der Waals surface area contributed by atoms with Crippen LogP contribution in [0.4, 0.5) is 5.69 Å². The van der Waals surface area contributed by atoms with Gasteiger partial charge in [0.2, 0.25) is 0 Å². The first-order chi connectivity index (χ1) is 9.42. The van der Waals surface area contributed by atoms with Crippen LogP contribution < -0.4 is 5.73 Å². The Balaban J connectivity index is 2.21. The predicted molar refractivity (Wildman–Crippen MR) is 89.5 cm³/mol. The van der Waals surface area contributed by atoms with Gasteiger partial charge < -0.3 is 5.73 Å². The van der Waals surface area contributed by atoms with Crippen LogP contribution in [0.1, 0.15) is 12.5 Å². The third-order valence-corrected chi connectivity index (χ3v) is 7.16. The summed E-state index contributed by atoms with van der Waals surface area (Å²) in [6, 6.07) is 5.74. The Labute approximate surface area is 133 Å². The molecule has 1 aromatic carbocycles. The molecule has 2 N–H and O–H groups in total. The molecule has 1 fully saturated rings. The van der Waals surface area contributed by atoms with Crippen LogP contribution in [0.5, 0.6) is 0 Å². The lowest BCUT2D eigenvalue weighted by Gasteiger charge is -2.34. The van der Waals surface area contributed by atoms with Crippen molar-refractivity contribution in [2.24, 2.45) is 0 Å². The van der Waals surface area contributed by atoms with Gasteiger partial charge in [-0.25, -0.2) is 8.42 Å². The van der Waals surface area contributed by atoms with E-state index < -0.39 is 9.84 Å². The van der Waals surface area contributed by atoms with Crippen LogP contribution in [0.3, 0.4) is 0 Å². The number of halogens is 1. The molecule has 0 bridgehead atoms. The van der Waals surface area contributed by atoms with Crippen molar-refractivity contribution in [3.8, 4) is 0 Å². The van der Waals surface area contributed by atoms with Gasteiger partial charge in [-0.2, -0.15) is 11.8 Å². The minimum atomic E-state index is -3.05. The predicted octanol–water partition coefficient (Wildman–Crippen LogP) is 2.34. The Kier molecular flexibility index (Phi) is 5.39. The van der Waals surface area contributed by atoms with E-state index >= 15 is 0 Å². The van der Waals surface area contributed by atoms with Crippen molar-refractivity contribution in [3.63, 3.8) is 0 Å². The fourth-order valence-corrected chi connectivity index (χ4v) is 5.96. The summed E-state index contributed by atoms with van der Waals surface area (Å²) < 4.78 is 25.3. The highest BCUT2D eigenvalue weighted by Crippen LogP contribution is 2.25. The summed E-state index contributed by atoms with van der Waals surface area (Å²) >= 11 is 5.14. The molecule has 0 aromatic heterocycles.